The molecule has 0 fully saturated rings. The van der Waals surface area contributed by atoms with E-state index in [1.165, 1.54) is 24.3 Å². The molecule has 0 radical (unpaired) electrons. The van der Waals surface area contributed by atoms with E-state index < -0.39 is 47.9 Å². The number of nitrogens with two attached hydrogens (primary N) is 3. The summed E-state index contributed by atoms with van der Waals surface area (Å²) < 4.78 is 0. The number of rotatable bonds is 19. The maximum Gasteiger partial charge on any atom is 0.326 e. The molecule has 0 spiro atoms. The fourth-order valence-electron chi connectivity index (χ4n) is 4.37. The Morgan fingerprint density at radius 2 is 1.00 bits per heavy atom. The number of carboxylic acids is 1. The van der Waals surface area contributed by atoms with Crippen molar-refractivity contribution >= 4 is 23.7 Å². The van der Waals surface area contributed by atoms with Crippen LogP contribution in [-0.4, -0.2) is 76.3 Å². The molecule has 3 amide bonds. The molecule has 0 aliphatic carbocycles. The molecule has 0 aliphatic heterocycles. The van der Waals surface area contributed by atoms with Gasteiger partial charge in [0.1, 0.15) is 29.6 Å². The average Bonchev–Trinajstić information content (AvgIpc) is 2.98. The van der Waals surface area contributed by atoms with Crippen LogP contribution >= 0.6 is 0 Å². The van der Waals surface area contributed by atoms with E-state index >= 15 is 0 Å². The van der Waals surface area contributed by atoms with E-state index in [4.69, 9.17) is 17.2 Å². The Balaban J connectivity index is 2.30. The number of phenols is 2. The lowest BCUT2D eigenvalue weighted by Gasteiger charge is -2.25. The van der Waals surface area contributed by atoms with Gasteiger partial charge in [0.15, 0.2) is 0 Å². The van der Waals surface area contributed by atoms with E-state index in [9.17, 15) is 34.5 Å². The van der Waals surface area contributed by atoms with Gasteiger partial charge in [0.2, 0.25) is 17.7 Å². The van der Waals surface area contributed by atoms with E-state index in [1.807, 2.05) is 0 Å². The number of carbonyl (C=O) groups is 4. The second-order valence-corrected chi connectivity index (χ2v) is 10.4. The van der Waals surface area contributed by atoms with Crippen molar-refractivity contribution in [3.05, 3.63) is 59.7 Å². The highest BCUT2D eigenvalue weighted by molar-refractivity contribution is 5.94. The molecule has 43 heavy (non-hydrogen) atoms. The molecule has 0 aliphatic rings. The lowest BCUT2D eigenvalue weighted by Crippen LogP contribution is -2.58. The van der Waals surface area contributed by atoms with Crippen LogP contribution in [-0.2, 0) is 32.0 Å². The zero-order chi connectivity index (χ0) is 31.8. The molecule has 236 valence electrons. The van der Waals surface area contributed by atoms with E-state index in [0.717, 1.165) is 0 Å². The topological polar surface area (TPSA) is 243 Å². The van der Waals surface area contributed by atoms with Crippen LogP contribution in [0.3, 0.4) is 0 Å². The fraction of sp³-hybridized carbons (Fsp3) is 0.467. The number of nitrogens with one attached hydrogen (secondary N) is 3. The third-order valence-corrected chi connectivity index (χ3v) is 6.89. The summed E-state index contributed by atoms with van der Waals surface area (Å²) in [6, 6.07) is 7.66. The number of hydrogen-bond acceptors (Lipinski definition) is 9. The van der Waals surface area contributed by atoms with E-state index in [-0.39, 0.29) is 30.8 Å². The molecule has 0 bridgehead atoms. The quantitative estimate of drug-likeness (QED) is 0.0978. The number of aromatic hydroxyl groups is 2. The number of carboxylic acid groups (broad SMARTS) is 1. The minimum absolute atomic E-state index is 0.0131. The molecular formula is C30H44N6O7. The molecule has 2 aromatic rings. The molecule has 4 atom stereocenters. The first-order valence-electron chi connectivity index (χ1n) is 14.4. The predicted molar refractivity (Wildman–Crippen MR) is 161 cm³/mol. The maximum atomic E-state index is 13.6. The monoisotopic (exact) mass is 600 g/mol. The van der Waals surface area contributed by atoms with Crippen LogP contribution in [0.4, 0.5) is 0 Å². The van der Waals surface area contributed by atoms with Gasteiger partial charge in [-0.25, -0.2) is 4.79 Å². The van der Waals surface area contributed by atoms with Gasteiger partial charge in [-0.1, -0.05) is 30.7 Å². The number of phenolic OH excluding ortho intramolecular Hbond substituents is 2. The van der Waals surface area contributed by atoms with E-state index in [2.05, 4.69) is 16.0 Å². The lowest BCUT2D eigenvalue weighted by molar-refractivity contribution is -0.142. The fourth-order valence-corrected chi connectivity index (χ4v) is 4.37. The molecule has 4 unspecified atom stereocenters. The lowest BCUT2D eigenvalue weighted by atomic mass is 10.0. The van der Waals surface area contributed by atoms with Crippen LogP contribution in [0.25, 0.3) is 0 Å². The van der Waals surface area contributed by atoms with Crippen molar-refractivity contribution in [2.24, 2.45) is 17.2 Å². The van der Waals surface area contributed by atoms with Gasteiger partial charge in [-0.05, 0) is 80.6 Å². The molecule has 2 aromatic carbocycles. The van der Waals surface area contributed by atoms with Crippen LogP contribution in [0.15, 0.2) is 48.5 Å². The van der Waals surface area contributed by atoms with Gasteiger partial charge in [-0.2, -0.15) is 0 Å². The van der Waals surface area contributed by atoms with Gasteiger partial charge in [0.05, 0.1) is 6.04 Å². The summed E-state index contributed by atoms with van der Waals surface area (Å²) in [5, 5.41) is 36.8. The normalized spacial score (nSPS) is 13.7. The van der Waals surface area contributed by atoms with Gasteiger partial charge in [0.25, 0.3) is 0 Å². The summed E-state index contributed by atoms with van der Waals surface area (Å²) >= 11 is 0. The molecule has 0 saturated heterocycles. The first-order chi connectivity index (χ1) is 20.5. The Morgan fingerprint density at radius 1 is 0.605 bits per heavy atom. The Bertz CT molecular complexity index is 1180. The summed E-state index contributed by atoms with van der Waals surface area (Å²) in [5.41, 5.74) is 18.3. The molecule has 13 heteroatoms. The zero-order valence-electron chi connectivity index (χ0n) is 24.2. The molecule has 12 N–H and O–H groups in total. The second-order valence-electron chi connectivity index (χ2n) is 10.4. The van der Waals surface area contributed by atoms with Gasteiger partial charge in [-0.3, -0.25) is 14.4 Å². The van der Waals surface area contributed by atoms with Gasteiger partial charge < -0.3 is 48.5 Å². The minimum atomic E-state index is -1.22. The predicted octanol–water partition coefficient (Wildman–Crippen LogP) is 0.00730. The Labute approximate surface area is 251 Å². The largest absolute Gasteiger partial charge is 0.508 e. The summed E-state index contributed by atoms with van der Waals surface area (Å²) in [4.78, 5) is 51.8. The van der Waals surface area contributed by atoms with Gasteiger partial charge in [0, 0.05) is 12.8 Å². The van der Waals surface area contributed by atoms with Gasteiger partial charge in [-0.15, -0.1) is 0 Å². The minimum Gasteiger partial charge on any atom is -0.508 e. The maximum absolute atomic E-state index is 13.6. The first-order valence-corrected chi connectivity index (χ1v) is 14.4. The molecule has 0 heterocycles. The Morgan fingerprint density at radius 3 is 1.42 bits per heavy atom. The Kier molecular flexibility index (Phi) is 14.9. The zero-order valence-corrected chi connectivity index (χ0v) is 24.2. The average molecular weight is 601 g/mol. The van der Waals surface area contributed by atoms with Crippen molar-refractivity contribution in [2.75, 3.05) is 13.1 Å². The summed E-state index contributed by atoms with van der Waals surface area (Å²) in [6.07, 6.45) is 2.91. The third kappa shape index (κ3) is 12.7. The molecule has 2 rings (SSSR count). The highest BCUT2D eigenvalue weighted by atomic mass is 16.4. The smallest absolute Gasteiger partial charge is 0.326 e. The molecule has 0 saturated carbocycles. The highest BCUT2D eigenvalue weighted by Gasteiger charge is 2.30. The van der Waals surface area contributed by atoms with Crippen molar-refractivity contribution in [1.29, 1.82) is 0 Å². The summed E-state index contributed by atoms with van der Waals surface area (Å²) in [6.45, 7) is 0.838. The number of hydrogen-bond donors (Lipinski definition) is 9. The summed E-state index contributed by atoms with van der Waals surface area (Å²) in [5.74, 6) is -3.15. The van der Waals surface area contributed by atoms with Crippen molar-refractivity contribution in [3.63, 3.8) is 0 Å². The van der Waals surface area contributed by atoms with Crippen LogP contribution in [0.2, 0.25) is 0 Å². The van der Waals surface area contributed by atoms with Crippen molar-refractivity contribution in [3.8, 4) is 11.5 Å². The van der Waals surface area contributed by atoms with Crippen LogP contribution < -0.4 is 33.2 Å². The van der Waals surface area contributed by atoms with E-state index in [0.29, 0.717) is 56.3 Å². The SMILES string of the molecule is NCCCCC(N)C(=O)NC(Cc1ccc(O)cc1)C(=O)NC(Cc1ccc(O)cc1)C(=O)NC(CCCCN)C(=O)O. The van der Waals surface area contributed by atoms with Gasteiger partial charge >= 0.3 is 5.97 Å². The van der Waals surface area contributed by atoms with Crippen molar-refractivity contribution in [2.45, 2.75) is 75.5 Å². The first kappa shape index (κ1) is 35.0. The van der Waals surface area contributed by atoms with Crippen molar-refractivity contribution < 1.29 is 34.5 Å². The number of amides is 3. The highest BCUT2D eigenvalue weighted by Crippen LogP contribution is 2.14. The van der Waals surface area contributed by atoms with Crippen LogP contribution in [0.5, 0.6) is 11.5 Å². The molecule has 0 aromatic heterocycles. The number of benzene rings is 2. The van der Waals surface area contributed by atoms with Crippen LogP contribution in [0.1, 0.15) is 49.7 Å². The third-order valence-electron chi connectivity index (χ3n) is 6.89. The Hall–Kier alpha value is -4.20. The second kappa shape index (κ2) is 18.4. The molecule has 13 nitrogen and oxygen atoms in total. The van der Waals surface area contributed by atoms with E-state index in [1.54, 1.807) is 24.3 Å². The summed E-state index contributed by atoms with van der Waals surface area (Å²) in [7, 11) is 0. The number of unbranched alkanes of at least 4 members (excludes halogenated alkanes) is 2. The van der Waals surface area contributed by atoms with Crippen LogP contribution in [0, 0.1) is 0 Å². The number of aliphatic carboxylic acids is 1. The standard InChI is InChI=1S/C30H44N6O7/c31-15-3-1-5-23(33)27(39)35-25(17-19-7-11-21(37)12-8-19)29(41)36-26(18-20-9-13-22(38)14-10-20)28(40)34-24(30(42)43)6-2-4-16-32/h7-14,23-26,37-38H,1-6,15-18,31-33H2,(H,34,40)(H,35,39)(H,36,41)(H,42,43). The number of carbonyl (C=O) groups excluding carboxylic acids is 3. The van der Waals surface area contributed by atoms with Crippen molar-refractivity contribution in [1.82, 2.24) is 16.0 Å². The molecular weight excluding hydrogens is 556 g/mol.